The van der Waals surface area contributed by atoms with Gasteiger partial charge in [-0.05, 0) is 179 Å². The second kappa shape index (κ2) is 39.6. The number of fused-ring (bicyclic) bond motifs is 7. The van der Waals surface area contributed by atoms with Crippen LogP contribution < -0.4 is 10.6 Å². The van der Waals surface area contributed by atoms with Gasteiger partial charge in [-0.15, -0.1) is 0 Å². The molecule has 7 aliphatic heterocycles. The summed E-state index contributed by atoms with van der Waals surface area (Å²) in [7, 11) is -11.1. The zero-order valence-corrected chi connectivity index (χ0v) is 77.3. The van der Waals surface area contributed by atoms with Crippen LogP contribution in [0.5, 0.6) is 0 Å². The Bertz CT molecular complexity index is 5180. The molecule has 0 aromatic carbocycles. The van der Waals surface area contributed by atoms with E-state index >= 15 is 0 Å². The topological polar surface area (TPSA) is 456 Å². The SMILES string of the molecule is CC1(C)O[C@@H]2[C@H](O1)[C@@H](CO)O[C@H]2n1ccc2c(Cl)nc(Cl)nc21.CCOP(=O)(COC[C@H]1O[C@@H](n2ccc3c(Cl)nc(Cl)nc32)[C@@H]2OC(C)(C)O[C@@H]21)OC(C)C.CCOP(=O)(COC[C@H]1O[C@@H](n2ccc3c(NC4CCCC4)nc(Cl)nc32)[C@@H]2OC(C)(C)O[C@@H]21)OC(C)C.O=P(O)(O)COC[C@H]1O[C@@H](n2ccc3c(NC4CCCC4)nc(Cl)nc32)[C@H](O)[C@@H]1O. The summed E-state index contributed by atoms with van der Waals surface area (Å²) in [6.07, 6.45) is 4.47. The minimum absolute atomic E-state index is 0.0302. The van der Waals surface area contributed by atoms with Gasteiger partial charge in [0.2, 0.25) is 21.1 Å². The molecule has 124 heavy (non-hydrogen) atoms. The molecule has 0 amide bonds. The van der Waals surface area contributed by atoms with Crippen molar-refractivity contribution in [1.82, 2.24) is 58.1 Å². The van der Waals surface area contributed by atoms with E-state index in [1.165, 1.54) is 12.8 Å². The first-order valence-electron chi connectivity index (χ1n) is 41.0. The van der Waals surface area contributed by atoms with Crippen molar-refractivity contribution in [2.75, 3.05) is 69.3 Å². The van der Waals surface area contributed by atoms with Crippen LogP contribution in [0.15, 0.2) is 49.1 Å². The lowest BCUT2D eigenvalue weighted by Crippen LogP contribution is -2.33. The van der Waals surface area contributed by atoms with Crippen molar-refractivity contribution in [3.05, 3.63) is 80.5 Å². The van der Waals surface area contributed by atoms with Gasteiger partial charge in [-0.25, -0.2) is 19.9 Å². The van der Waals surface area contributed by atoms with Crippen LogP contribution in [0.1, 0.15) is 159 Å². The molecule has 15 heterocycles. The van der Waals surface area contributed by atoms with E-state index in [1.54, 1.807) is 92.0 Å². The molecule has 2 saturated carbocycles. The molecule has 18 atom stereocenters. The number of nitrogens with zero attached hydrogens (tertiary/aromatic N) is 12. The second-order valence-corrected chi connectivity index (χ2v) is 40.5. The molecule has 8 aromatic rings. The average Bonchev–Trinajstić information content (AvgIpc) is 1.59. The highest BCUT2D eigenvalue weighted by Gasteiger charge is 2.59. The Morgan fingerprint density at radius 1 is 0.444 bits per heavy atom. The number of aliphatic hydroxyl groups is 3. The Morgan fingerprint density at radius 2 is 0.758 bits per heavy atom. The standard InChI is InChI=1S/C25H38ClN4O7P.C20H28Cl2N3O7P.C17H24ClN4O7P.C14H15Cl2N3O4/c1-6-33-38(31,37-15(2)3)14-32-13-18-19-20(36-25(4,5)35-19)23(34-18)30-12-11-17-21(27-16-9-7-8-10-16)28-24(26)29-22(17)30;1-6-28-33(26,32-11(2)3)10-27-9-13-14-15(31-20(4,5)30-14)18(29-13)25-8-7-12-16(21)23-19(22)24-17(12)25;18-17-20-14(19-9-3-1-2-4-9)10-5-6-22(15(10)21-17)16-13(24)12(23)11(29-16)7-28-8-30(25,26)27;1-14(2)22-8-7(5-20)21-12(9(8)23-14)19-4-3-6-10(15)17-13(16)18-11(6)19/h11-12,15-16,18-20,23H,6-10,13-14H2,1-5H3,(H,27,28,29);7-8,11,13-15,18H,6,9-10H2,1-5H3;5-6,9,11-13,16,23-24H,1-4,7-8H2,(H,19,20,21)(H2,25,26,27);3-4,7-9,12,20H,5H2,1-2H3/t18-,19-,20-,23-,38?;13-,14-,15-,18-,33?;11-,12-,13-,16-;7-,8-,9-,12-/m1111/s1. The largest absolute Gasteiger partial charge is 0.394 e. The lowest BCUT2D eigenvalue weighted by molar-refractivity contribution is -0.201. The predicted molar refractivity (Wildman–Crippen MR) is 454 cm³/mol. The fourth-order valence-electron chi connectivity index (χ4n) is 16.8. The summed E-state index contributed by atoms with van der Waals surface area (Å²) in [4.78, 5) is 51.8. The molecular weight excluding hydrogens is 1810 g/mol. The molecule has 686 valence electrons. The molecular formula is C76H105Cl6N14O25P3. The van der Waals surface area contributed by atoms with E-state index in [4.69, 9.17) is 159 Å². The minimum Gasteiger partial charge on any atom is -0.394 e. The van der Waals surface area contributed by atoms with E-state index in [0.29, 0.717) is 56.6 Å². The molecule has 2 unspecified atom stereocenters. The van der Waals surface area contributed by atoms with Crippen LogP contribution >= 0.6 is 92.4 Å². The number of nitrogens with one attached hydrogen (secondary N) is 2. The number of aromatic nitrogens is 12. The summed E-state index contributed by atoms with van der Waals surface area (Å²) < 4.78 is 143. The van der Waals surface area contributed by atoms with Crippen LogP contribution in [0, 0.1) is 0 Å². The Labute approximate surface area is 744 Å². The maximum absolute atomic E-state index is 13.0. The number of halogens is 6. The third-order valence-electron chi connectivity index (χ3n) is 21.5. The van der Waals surface area contributed by atoms with Gasteiger partial charge in [-0.3, -0.25) is 13.7 Å². The number of rotatable bonds is 29. The number of anilines is 2. The average molecular weight is 1920 g/mol. The molecule has 9 aliphatic rings. The van der Waals surface area contributed by atoms with Crippen molar-refractivity contribution in [3.8, 4) is 0 Å². The van der Waals surface area contributed by atoms with Gasteiger partial charge < -0.3 is 134 Å². The molecule has 9 fully saturated rings. The summed E-state index contributed by atoms with van der Waals surface area (Å²) in [6, 6.07) is 8.02. The van der Waals surface area contributed by atoms with Crippen LogP contribution in [0.25, 0.3) is 44.1 Å². The highest BCUT2D eigenvalue weighted by molar-refractivity contribution is 7.54. The molecule has 0 radical (unpaired) electrons. The second-order valence-electron chi connectivity index (χ2n) is 33.0. The van der Waals surface area contributed by atoms with E-state index in [1.807, 2.05) is 58.4 Å². The molecule has 0 spiro atoms. The molecule has 7 saturated heterocycles. The summed E-state index contributed by atoms with van der Waals surface area (Å²) >= 11 is 36.8. The monoisotopic (exact) mass is 1920 g/mol. The van der Waals surface area contributed by atoms with E-state index in [2.05, 4.69) is 50.5 Å². The molecule has 17 rings (SSSR count). The predicted octanol–water partition coefficient (Wildman–Crippen LogP) is 13.6. The molecule has 48 heteroatoms. The van der Waals surface area contributed by atoms with Gasteiger partial charge in [0.05, 0.1) is 73.4 Å². The van der Waals surface area contributed by atoms with E-state index in [0.717, 1.165) is 49.7 Å². The summed E-state index contributed by atoms with van der Waals surface area (Å²) in [5.74, 6) is -1.03. The third kappa shape index (κ3) is 22.2. The number of aliphatic hydroxyl groups excluding tert-OH is 3. The van der Waals surface area contributed by atoms with Crippen LogP contribution in [0.2, 0.25) is 31.4 Å². The van der Waals surface area contributed by atoms with Crippen molar-refractivity contribution in [3.63, 3.8) is 0 Å². The fraction of sp³-hybridized carbons (Fsp3) is 0.684. The number of hydrogen-bond acceptors (Lipinski definition) is 33. The molecule has 2 aliphatic carbocycles. The summed E-state index contributed by atoms with van der Waals surface area (Å²) in [5, 5.41) is 41.0. The van der Waals surface area contributed by atoms with Gasteiger partial charge in [0.15, 0.2) is 42.3 Å². The summed E-state index contributed by atoms with van der Waals surface area (Å²) in [6.45, 7) is 22.1. The zero-order chi connectivity index (χ0) is 88.9. The maximum Gasteiger partial charge on any atom is 0.356 e. The van der Waals surface area contributed by atoms with Crippen LogP contribution in [-0.4, -0.2) is 257 Å². The summed E-state index contributed by atoms with van der Waals surface area (Å²) in [5.41, 5.74) is 2.15. The Morgan fingerprint density at radius 3 is 1.12 bits per heavy atom. The first-order chi connectivity index (χ1) is 58.7. The fourth-order valence-corrected chi connectivity index (χ4v) is 21.4. The van der Waals surface area contributed by atoms with Gasteiger partial charge in [0.25, 0.3) is 0 Å². The van der Waals surface area contributed by atoms with E-state index in [9.17, 15) is 29.0 Å². The van der Waals surface area contributed by atoms with Crippen molar-refractivity contribution in [2.24, 2.45) is 0 Å². The number of hydrogen-bond donors (Lipinski definition) is 7. The quantitative estimate of drug-likeness (QED) is 0.0130. The van der Waals surface area contributed by atoms with Gasteiger partial charge in [-0.1, -0.05) is 48.9 Å². The third-order valence-corrected chi connectivity index (χ3v) is 27.0. The molecule has 8 aromatic heterocycles. The highest BCUT2D eigenvalue weighted by Crippen LogP contribution is 2.53. The van der Waals surface area contributed by atoms with Crippen molar-refractivity contribution >= 4 is 148 Å². The lowest BCUT2D eigenvalue weighted by atomic mass is 10.1. The first-order valence-corrected chi connectivity index (χ1v) is 48.5. The number of ether oxygens (including phenoxy) is 13. The highest BCUT2D eigenvalue weighted by atomic mass is 35.5. The molecule has 0 bridgehead atoms. The maximum atomic E-state index is 13.0. The molecule has 7 N–H and O–H groups in total. The Hall–Kier alpha value is -4.37. The zero-order valence-electron chi connectivity index (χ0n) is 70.1. The lowest BCUT2D eigenvalue weighted by Gasteiger charge is -2.25. The van der Waals surface area contributed by atoms with Crippen molar-refractivity contribution in [1.29, 1.82) is 0 Å². The van der Waals surface area contributed by atoms with Crippen LogP contribution in [-0.2, 0) is 93.4 Å². The van der Waals surface area contributed by atoms with Gasteiger partial charge >= 0.3 is 22.8 Å². The van der Waals surface area contributed by atoms with Gasteiger partial charge in [0.1, 0.15) is 137 Å². The normalized spacial score (nSPS) is 29.2. The van der Waals surface area contributed by atoms with E-state index < -0.39 is 132 Å². The minimum atomic E-state index is -4.34. The van der Waals surface area contributed by atoms with E-state index in [-0.39, 0.29) is 108 Å². The smallest absolute Gasteiger partial charge is 0.356 e. The van der Waals surface area contributed by atoms with Crippen LogP contribution in [0.4, 0.5) is 11.6 Å². The van der Waals surface area contributed by atoms with Gasteiger partial charge in [-0.2, -0.15) is 19.9 Å². The van der Waals surface area contributed by atoms with Crippen molar-refractivity contribution < 1.29 is 118 Å². The molecule has 39 nitrogen and oxygen atoms in total. The Balaban J connectivity index is 0.000000136. The first kappa shape index (κ1) is 95.7. The van der Waals surface area contributed by atoms with Crippen molar-refractivity contribution in [2.45, 2.75) is 274 Å². The van der Waals surface area contributed by atoms with Gasteiger partial charge in [0, 0.05) is 36.9 Å². The Kier molecular flexibility index (Phi) is 30.6. The van der Waals surface area contributed by atoms with Crippen LogP contribution in [0.3, 0.4) is 0 Å².